The highest BCUT2D eigenvalue weighted by Crippen LogP contribution is 2.47. The van der Waals surface area contributed by atoms with Crippen LogP contribution < -0.4 is 5.32 Å². The summed E-state index contributed by atoms with van der Waals surface area (Å²) in [6.45, 7) is 0.423. The summed E-state index contributed by atoms with van der Waals surface area (Å²) >= 11 is 0. The van der Waals surface area contributed by atoms with Gasteiger partial charge in [-0.25, -0.2) is 0 Å². The zero-order chi connectivity index (χ0) is 7.73. The number of nitrogens with one attached hydrogen (secondary N) is 1. The smallest absolute Gasteiger partial charge is 0.213 e. The molecule has 0 aliphatic heterocycles. The van der Waals surface area contributed by atoms with E-state index in [1.165, 1.54) is 32.1 Å². The average molecular weight is 152 g/mol. The van der Waals surface area contributed by atoms with Crippen molar-refractivity contribution in [2.45, 2.75) is 37.6 Å². The lowest BCUT2D eigenvalue weighted by Gasteiger charge is -2.26. The largest absolute Gasteiger partial charge is 0.304 e. The molecule has 2 heteroatoms. The third-order valence-corrected chi connectivity index (χ3v) is 3.28. The van der Waals surface area contributed by atoms with Gasteiger partial charge in [-0.2, -0.15) is 0 Å². The summed E-state index contributed by atoms with van der Waals surface area (Å²) in [4.78, 5) is 10.0. The Labute approximate surface area is 67.4 Å². The van der Waals surface area contributed by atoms with Gasteiger partial charge in [-0.3, -0.25) is 4.79 Å². The molecule has 1 radical (unpaired) electrons. The molecule has 2 nitrogen and oxygen atoms in total. The Bertz CT molecular complexity index is 159. The van der Waals surface area contributed by atoms with Crippen molar-refractivity contribution < 1.29 is 4.79 Å². The van der Waals surface area contributed by atoms with Crippen LogP contribution in [0.15, 0.2) is 0 Å². The van der Waals surface area contributed by atoms with Gasteiger partial charge in [-0.1, -0.05) is 0 Å². The van der Waals surface area contributed by atoms with Gasteiger partial charge in [0, 0.05) is 5.54 Å². The first-order valence-electron chi connectivity index (χ1n) is 4.45. The van der Waals surface area contributed by atoms with E-state index < -0.39 is 0 Å². The van der Waals surface area contributed by atoms with Crippen molar-refractivity contribution >= 4 is 6.29 Å². The van der Waals surface area contributed by atoms with E-state index in [1.807, 2.05) is 6.29 Å². The first kappa shape index (κ1) is 7.29. The zero-order valence-corrected chi connectivity index (χ0v) is 6.73. The minimum absolute atomic E-state index is 0.349. The summed E-state index contributed by atoms with van der Waals surface area (Å²) in [5.74, 6) is 0.953. The third kappa shape index (κ3) is 1.20. The fourth-order valence-electron chi connectivity index (χ4n) is 2.66. The van der Waals surface area contributed by atoms with Crippen molar-refractivity contribution in [2.24, 2.45) is 5.92 Å². The van der Waals surface area contributed by atoms with Gasteiger partial charge in [-0.15, -0.1) is 0 Å². The first-order valence-corrected chi connectivity index (χ1v) is 4.45. The lowest BCUT2D eigenvalue weighted by Crippen LogP contribution is -2.41. The maximum absolute atomic E-state index is 10.0. The Hall–Kier alpha value is -0.370. The van der Waals surface area contributed by atoms with E-state index in [-0.39, 0.29) is 0 Å². The third-order valence-electron chi connectivity index (χ3n) is 3.28. The molecule has 2 aliphatic rings. The fourth-order valence-corrected chi connectivity index (χ4v) is 2.66. The summed E-state index contributed by atoms with van der Waals surface area (Å²) in [6, 6.07) is 0. The molecule has 0 aromatic heterocycles. The van der Waals surface area contributed by atoms with E-state index in [0.717, 1.165) is 5.92 Å². The van der Waals surface area contributed by atoms with Crippen molar-refractivity contribution in [1.82, 2.24) is 5.32 Å². The van der Waals surface area contributed by atoms with E-state index >= 15 is 0 Å². The van der Waals surface area contributed by atoms with E-state index in [1.54, 1.807) is 0 Å². The molecule has 0 heterocycles. The topological polar surface area (TPSA) is 29.1 Å². The maximum Gasteiger partial charge on any atom is 0.213 e. The molecule has 0 atom stereocenters. The van der Waals surface area contributed by atoms with E-state index in [2.05, 4.69) is 5.32 Å². The van der Waals surface area contributed by atoms with Crippen LogP contribution in [-0.4, -0.2) is 18.4 Å². The predicted octanol–water partition coefficient (Wildman–Crippen LogP) is 1.02. The lowest BCUT2D eigenvalue weighted by atomic mass is 9.94. The number of fused-ring (bicyclic) bond motifs is 2. The number of hydrogen-bond acceptors (Lipinski definition) is 2. The van der Waals surface area contributed by atoms with Gasteiger partial charge < -0.3 is 5.32 Å². The number of rotatable bonds is 3. The fraction of sp³-hybridized carbons (Fsp3) is 0.889. The van der Waals surface area contributed by atoms with E-state index in [0.29, 0.717) is 12.1 Å². The molecule has 0 saturated heterocycles. The van der Waals surface area contributed by atoms with Gasteiger partial charge in [0.05, 0.1) is 6.54 Å². The van der Waals surface area contributed by atoms with Crippen LogP contribution in [-0.2, 0) is 4.79 Å². The highest BCUT2D eigenvalue weighted by molar-refractivity contribution is 5.53. The molecule has 0 aromatic carbocycles. The van der Waals surface area contributed by atoms with Crippen molar-refractivity contribution in [1.29, 1.82) is 0 Å². The molecule has 0 aromatic rings. The lowest BCUT2D eigenvalue weighted by molar-refractivity contribution is 0.342. The Morgan fingerprint density at radius 1 is 1.45 bits per heavy atom. The second-order valence-electron chi connectivity index (χ2n) is 3.93. The van der Waals surface area contributed by atoms with Crippen LogP contribution in [0.5, 0.6) is 0 Å². The van der Waals surface area contributed by atoms with Crippen molar-refractivity contribution in [2.75, 3.05) is 6.54 Å². The highest BCUT2D eigenvalue weighted by Gasteiger charge is 2.43. The quantitative estimate of drug-likeness (QED) is 0.654. The van der Waals surface area contributed by atoms with Crippen LogP contribution in [0, 0.1) is 5.92 Å². The summed E-state index contributed by atoms with van der Waals surface area (Å²) in [7, 11) is 0. The summed E-state index contributed by atoms with van der Waals surface area (Å²) in [6.07, 6.45) is 8.50. The number of carbonyl (C=O) groups excluding carboxylic acids is 1. The summed E-state index contributed by atoms with van der Waals surface area (Å²) in [5.41, 5.74) is 0.349. The molecular weight excluding hydrogens is 138 g/mol. The van der Waals surface area contributed by atoms with Crippen molar-refractivity contribution in [3.05, 3.63) is 0 Å². The standard InChI is InChI=1S/C9H14NO/c11-6-5-10-9-3-1-8(7-9)2-4-9/h8,10H,1-5,7H2. The van der Waals surface area contributed by atoms with Gasteiger partial charge >= 0.3 is 0 Å². The molecular formula is C9H14NO. The Morgan fingerprint density at radius 3 is 2.64 bits per heavy atom. The molecule has 61 valence electrons. The van der Waals surface area contributed by atoms with Crippen LogP contribution in [0.1, 0.15) is 32.1 Å². The predicted molar refractivity (Wildman–Crippen MR) is 43.0 cm³/mol. The average Bonchev–Trinajstić information content (AvgIpc) is 2.60. The van der Waals surface area contributed by atoms with Gasteiger partial charge in [0.1, 0.15) is 0 Å². The summed E-state index contributed by atoms with van der Waals surface area (Å²) < 4.78 is 0. The molecule has 0 unspecified atom stereocenters. The van der Waals surface area contributed by atoms with Gasteiger partial charge in [0.25, 0.3) is 0 Å². The molecule has 0 spiro atoms. The molecule has 2 fully saturated rings. The van der Waals surface area contributed by atoms with Crippen molar-refractivity contribution in [3.63, 3.8) is 0 Å². The van der Waals surface area contributed by atoms with Crippen LogP contribution in [0.3, 0.4) is 0 Å². The van der Waals surface area contributed by atoms with E-state index in [4.69, 9.17) is 0 Å². The Balaban J connectivity index is 1.94. The highest BCUT2D eigenvalue weighted by atomic mass is 16.1. The van der Waals surface area contributed by atoms with Crippen LogP contribution in [0.25, 0.3) is 0 Å². The second kappa shape index (κ2) is 2.59. The normalized spacial score (nSPS) is 41.3. The van der Waals surface area contributed by atoms with E-state index in [9.17, 15) is 4.79 Å². The Morgan fingerprint density at radius 2 is 2.18 bits per heavy atom. The molecule has 2 aliphatic carbocycles. The second-order valence-corrected chi connectivity index (χ2v) is 3.93. The van der Waals surface area contributed by atoms with Crippen LogP contribution in [0.2, 0.25) is 0 Å². The minimum Gasteiger partial charge on any atom is -0.304 e. The monoisotopic (exact) mass is 152 g/mol. The zero-order valence-electron chi connectivity index (χ0n) is 6.73. The van der Waals surface area contributed by atoms with Gasteiger partial charge in [0.15, 0.2) is 0 Å². The SMILES string of the molecule is O=[C]CNC12CCC(CC1)C2. The molecule has 1 N–H and O–H groups in total. The maximum atomic E-state index is 10.0. The summed E-state index contributed by atoms with van der Waals surface area (Å²) in [5, 5.41) is 3.31. The molecule has 2 bridgehead atoms. The Kier molecular flexibility index (Phi) is 1.72. The molecule has 2 saturated carbocycles. The van der Waals surface area contributed by atoms with Crippen LogP contribution in [0.4, 0.5) is 0 Å². The van der Waals surface area contributed by atoms with Crippen LogP contribution >= 0.6 is 0 Å². The van der Waals surface area contributed by atoms with Crippen molar-refractivity contribution in [3.8, 4) is 0 Å². The van der Waals surface area contributed by atoms with Gasteiger partial charge in [-0.05, 0) is 38.0 Å². The molecule has 2 rings (SSSR count). The first-order chi connectivity index (χ1) is 5.35. The van der Waals surface area contributed by atoms with Gasteiger partial charge in [0.2, 0.25) is 6.29 Å². The minimum atomic E-state index is 0.349. The molecule has 0 amide bonds. The number of hydrogen-bond donors (Lipinski definition) is 1. The molecule has 11 heavy (non-hydrogen) atoms.